The zero-order valence-corrected chi connectivity index (χ0v) is 14.4. The van der Waals surface area contributed by atoms with Gasteiger partial charge in [0.25, 0.3) is 0 Å². The highest BCUT2D eigenvalue weighted by atomic mass is 16.4. The molecule has 1 N–H and O–H groups in total. The van der Waals surface area contributed by atoms with Crippen molar-refractivity contribution in [2.24, 2.45) is 17.3 Å². The number of rotatable bonds is 6. The number of amides is 1. The monoisotopic (exact) mass is 329 g/mol. The first-order chi connectivity index (χ1) is 11.5. The molecular formula is C20H27NO3. The Kier molecular flexibility index (Phi) is 4.93. The maximum atomic E-state index is 12.6. The Labute approximate surface area is 143 Å². The highest BCUT2D eigenvalue weighted by molar-refractivity contribution is 5.79. The number of carbonyl (C=O) groups excluding carboxylic acids is 1. The minimum absolute atomic E-state index is 0.000833. The van der Waals surface area contributed by atoms with E-state index in [9.17, 15) is 9.59 Å². The SMILES string of the molecule is CC(CCCc1ccccc1)C(=O)N1CCC2(CC1)CC2C(=O)O. The molecule has 1 saturated carbocycles. The van der Waals surface area contributed by atoms with Gasteiger partial charge in [-0.15, -0.1) is 0 Å². The van der Waals surface area contributed by atoms with Crippen LogP contribution in [-0.2, 0) is 16.0 Å². The summed E-state index contributed by atoms with van der Waals surface area (Å²) in [5.41, 5.74) is 1.32. The minimum atomic E-state index is -0.663. The van der Waals surface area contributed by atoms with Gasteiger partial charge in [0.1, 0.15) is 0 Å². The Hall–Kier alpha value is -1.84. The van der Waals surface area contributed by atoms with E-state index >= 15 is 0 Å². The average Bonchev–Trinajstić information content (AvgIpc) is 3.30. The van der Waals surface area contributed by atoms with Crippen LogP contribution in [0.3, 0.4) is 0 Å². The van der Waals surface area contributed by atoms with E-state index in [1.165, 1.54) is 5.56 Å². The predicted octanol–water partition coefficient (Wildman–Crippen LogP) is 3.36. The number of aliphatic carboxylic acids is 1. The first kappa shape index (κ1) is 17.0. The first-order valence-corrected chi connectivity index (χ1v) is 9.07. The van der Waals surface area contributed by atoms with Gasteiger partial charge in [-0.05, 0) is 49.5 Å². The molecule has 24 heavy (non-hydrogen) atoms. The predicted molar refractivity (Wildman–Crippen MR) is 92.5 cm³/mol. The fourth-order valence-electron chi connectivity index (χ4n) is 4.11. The molecule has 0 radical (unpaired) electrons. The van der Waals surface area contributed by atoms with Crippen molar-refractivity contribution in [2.75, 3.05) is 13.1 Å². The second kappa shape index (κ2) is 6.96. The van der Waals surface area contributed by atoms with Crippen LogP contribution in [0, 0.1) is 17.3 Å². The summed E-state index contributed by atoms with van der Waals surface area (Å²) >= 11 is 0. The van der Waals surface area contributed by atoms with Gasteiger partial charge in [-0.2, -0.15) is 0 Å². The molecule has 2 aliphatic rings. The fraction of sp³-hybridized carbons (Fsp3) is 0.600. The molecule has 4 heteroatoms. The third-order valence-corrected chi connectivity index (χ3v) is 5.93. The van der Waals surface area contributed by atoms with Crippen molar-refractivity contribution in [1.29, 1.82) is 0 Å². The summed E-state index contributed by atoms with van der Waals surface area (Å²) in [6.07, 6.45) is 5.46. The molecule has 4 nitrogen and oxygen atoms in total. The van der Waals surface area contributed by atoms with Crippen LogP contribution in [0.2, 0.25) is 0 Å². The third-order valence-electron chi connectivity index (χ3n) is 5.93. The summed E-state index contributed by atoms with van der Waals surface area (Å²) in [6.45, 7) is 3.48. The lowest BCUT2D eigenvalue weighted by Gasteiger charge is -2.34. The molecule has 1 aromatic carbocycles. The number of hydrogen-bond acceptors (Lipinski definition) is 2. The second-order valence-corrected chi connectivity index (χ2v) is 7.56. The number of piperidine rings is 1. The Morgan fingerprint density at radius 2 is 1.92 bits per heavy atom. The Morgan fingerprint density at radius 1 is 1.25 bits per heavy atom. The summed E-state index contributed by atoms with van der Waals surface area (Å²) in [7, 11) is 0. The summed E-state index contributed by atoms with van der Waals surface area (Å²) in [5, 5.41) is 9.14. The molecule has 1 aliphatic carbocycles. The van der Waals surface area contributed by atoms with Crippen molar-refractivity contribution < 1.29 is 14.7 Å². The summed E-state index contributed by atoms with van der Waals surface area (Å²) in [5.74, 6) is -0.537. The zero-order valence-electron chi connectivity index (χ0n) is 14.4. The molecule has 2 fully saturated rings. The molecular weight excluding hydrogens is 302 g/mol. The van der Waals surface area contributed by atoms with Gasteiger partial charge >= 0.3 is 5.97 Å². The van der Waals surface area contributed by atoms with Crippen LogP contribution in [0.25, 0.3) is 0 Å². The number of nitrogens with zero attached hydrogens (tertiary/aromatic N) is 1. The van der Waals surface area contributed by atoms with Crippen LogP contribution >= 0.6 is 0 Å². The Bertz CT molecular complexity index is 590. The number of aryl methyl sites for hydroxylation is 1. The van der Waals surface area contributed by atoms with E-state index in [4.69, 9.17) is 5.11 Å². The quantitative estimate of drug-likeness (QED) is 0.870. The van der Waals surface area contributed by atoms with Crippen molar-refractivity contribution in [3.8, 4) is 0 Å². The van der Waals surface area contributed by atoms with Crippen molar-refractivity contribution in [3.05, 3.63) is 35.9 Å². The topological polar surface area (TPSA) is 57.6 Å². The maximum Gasteiger partial charge on any atom is 0.307 e. The van der Waals surface area contributed by atoms with Crippen molar-refractivity contribution in [3.63, 3.8) is 0 Å². The van der Waals surface area contributed by atoms with Crippen LogP contribution in [0.1, 0.15) is 44.6 Å². The second-order valence-electron chi connectivity index (χ2n) is 7.56. The van der Waals surface area contributed by atoms with Crippen molar-refractivity contribution in [1.82, 2.24) is 4.90 Å². The van der Waals surface area contributed by atoms with Crippen molar-refractivity contribution >= 4 is 11.9 Å². The zero-order chi connectivity index (χ0) is 17.2. The standard InChI is InChI=1S/C20H27NO3/c1-15(6-5-9-16-7-3-2-4-8-16)18(22)21-12-10-20(11-13-21)14-17(20)19(23)24/h2-4,7-8,15,17H,5-6,9-14H2,1H3,(H,23,24). The minimum Gasteiger partial charge on any atom is -0.481 e. The molecule has 0 aromatic heterocycles. The molecule has 3 rings (SSSR count). The molecule has 2 atom stereocenters. The number of carbonyl (C=O) groups is 2. The van der Waals surface area contributed by atoms with Crippen LogP contribution in [0.4, 0.5) is 0 Å². The molecule has 1 heterocycles. The van der Waals surface area contributed by atoms with E-state index in [0.29, 0.717) is 0 Å². The molecule has 0 bridgehead atoms. The molecule has 1 amide bonds. The van der Waals surface area contributed by atoms with Gasteiger partial charge in [-0.1, -0.05) is 37.3 Å². The van der Waals surface area contributed by atoms with Gasteiger partial charge < -0.3 is 10.0 Å². The van der Waals surface area contributed by atoms with Gasteiger partial charge in [-0.3, -0.25) is 9.59 Å². The lowest BCUT2D eigenvalue weighted by molar-refractivity contribution is -0.140. The van der Waals surface area contributed by atoms with Crippen LogP contribution in [0.5, 0.6) is 0 Å². The summed E-state index contributed by atoms with van der Waals surface area (Å²) < 4.78 is 0. The number of hydrogen-bond donors (Lipinski definition) is 1. The van der Waals surface area contributed by atoms with Gasteiger partial charge in [0.05, 0.1) is 5.92 Å². The summed E-state index contributed by atoms with van der Waals surface area (Å²) in [4.78, 5) is 25.7. The van der Waals surface area contributed by atoms with E-state index < -0.39 is 5.97 Å². The summed E-state index contributed by atoms with van der Waals surface area (Å²) in [6, 6.07) is 10.4. The number of carboxylic acids is 1. The highest BCUT2D eigenvalue weighted by Gasteiger charge is 2.59. The molecule has 1 spiro atoms. The third kappa shape index (κ3) is 3.63. The van der Waals surface area contributed by atoms with Crippen LogP contribution < -0.4 is 0 Å². The Balaban J connectivity index is 1.41. The molecule has 130 valence electrons. The van der Waals surface area contributed by atoms with E-state index in [2.05, 4.69) is 24.3 Å². The highest BCUT2D eigenvalue weighted by Crippen LogP contribution is 2.59. The smallest absolute Gasteiger partial charge is 0.307 e. The number of carboxylic acid groups (broad SMARTS) is 1. The van der Waals surface area contributed by atoms with Crippen LogP contribution in [-0.4, -0.2) is 35.0 Å². The first-order valence-electron chi connectivity index (χ1n) is 9.07. The lowest BCUT2D eigenvalue weighted by Crippen LogP contribution is -2.42. The molecule has 2 unspecified atom stereocenters. The van der Waals surface area contributed by atoms with Gasteiger partial charge in [0.2, 0.25) is 5.91 Å². The van der Waals surface area contributed by atoms with Gasteiger partial charge in [0.15, 0.2) is 0 Å². The lowest BCUT2D eigenvalue weighted by atomic mass is 9.90. The van der Waals surface area contributed by atoms with E-state index in [-0.39, 0.29) is 23.2 Å². The molecule has 1 aliphatic heterocycles. The Morgan fingerprint density at radius 3 is 2.50 bits per heavy atom. The normalized spacial score (nSPS) is 23.0. The van der Waals surface area contributed by atoms with Gasteiger partial charge in [-0.25, -0.2) is 0 Å². The number of likely N-dealkylation sites (tertiary alicyclic amines) is 1. The van der Waals surface area contributed by atoms with E-state index in [1.54, 1.807) is 0 Å². The van der Waals surface area contributed by atoms with Gasteiger partial charge in [0, 0.05) is 19.0 Å². The molecule has 1 saturated heterocycles. The number of benzene rings is 1. The van der Waals surface area contributed by atoms with Crippen LogP contribution in [0.15, 0.2) is 30.3 Å². The van der Waals surface area contributed by atoms with E-state index in [1.807, 2.05) is 17.9 Å². The van der Waals surface area contributed by atoms with E-state index in [0.717, 1.165) is 51.6 Å². The maximum absolute atomic E-state index is 12.6. The van der Waals surface area contributed by atoms with Crippen molar-refractivity contribution in [2.45, 2.75) is 45.4 Å². The largest absolute Gasteiger partial charge is 0.481 e. The molecule has 1 aromatic rings. The average molecular weight is 329 g/mol. The fourth-order valence-corrected chi connectivity index (χ4v) is 4.11.